The molecule has 0 bridgehead atoms. The van der Waals surface area contributed by atoms with E-state index in [1.54, 1.807) is 20.8 Å². The van der Waals surface area contributed by atoms with Gasteiger partial charge in [0.15, 0.2) is 5.54 Å². The van der Waals surface area contributed by atoms with Gasteiger partial charge >= 0.3 is 12.1 Å². The number of hydrogen-bond acceptors (Lipinski definition) is 5. The smallest absolute Gasteiger partial charge is 0.418 e. The van der Waals surface area contributed by atoms with E-state index in [1.165, 1.54) is 6.92 Å². The number of carbonyl (C=O) groups excluding carboxylic acids is 2. The van der Waals surface area contributed by atoms with Gasteiger partial charge in [0.05, 0.1) is 6.61 Å². The molecule has 0 aromatic carbocycles. The second-order valence-electron chi connectivity index (χ2n) is 5.99. The quantitative estimate of drug-likeness (QED) is 0.842. The minimum absolute atomic E-state index is 0.250. The summed E-state index contributed by atoms with van der Waals surface area (Å²) in [5.41, 5.74) is -2.66. The van der Waals surface area contributed by atoms with Crippen LogP contribution < -0.4 is 0 Å². The summed E-state index contributed by atoms with van der Waals surface area (Å²) >= 11 is 0. The fourth-order valence-corrected chi connectivity index (χ4v) is 2.03. The molecule has 7 nitrogen and oxygen atoms in total. The molecule has 1 fully saturated rings. The van der Waals surface area contributed by atoms with E-state index in [9.17, 15) is 23.9 Å². The zero-order chi connectivity index (χ0) is 16.4. The number of alkyl halides is 1. The Morgan fingerprint density at radius 1 is 1.48 bits per heavy atom. The molecule has 2 atom stereocenters. The highest BCUT2D eigenvalue weighted by Crippen LogP contribution is 2.33. The van der Waals surface area contributed by atoms with Gasteiger partial charge in [-0.2, -0.15) is 0 Å². The average molecular weight is 305 g/mol. The lowest BCUT2D eigenvalue weighted by molar-refractivity contribution is -0.152. The van der Waals surface area contributed by atoms with Crippen LogP contribution in [0.15, 0.2) is 0 Å². The first-order chi connectivity index (χ1) is 9.53. The maximum atomic E-state index is 12.2. The predicted octanol–water partition coefficient (Wildman–Crippen LogP) is 1.35. The highest BCUT2D eigenvalue weighted by Gasteiger charge is 2.57. The van der Waals surface area contributed by atoms with E-state index >= 15 is 0 Å². The maximum Gasteiger partial charge on any atom is 0.418 e. The molecule has 2 amide bonds. The minimum Gasteiger partial charge on any atom is -0.479 e. The van der Waals surface area contributed by atoms with Crippen LogP contribution in [-0.2, 0) is 19.1 Å². The van der Waals surface area contributed by atoms with Crippen LogP contribution in [0.2, 0.25) is 0 Å². The Morgan fingerprint density at radius 2 is 2.05 bits per heavy atom. The minimum atomic E-state index is -1.78. The average Bonchev–Trinajstić information content (AvgIpc) is 2.57. The van der Waals surface area contributed by atoms with Gasteiger partial charge in [-0.25, -0.2) is 18.9 Å². The van der Waals surface area contributed by atoms with Gasteiger partial charge in [0, 0.05) is 6.42 Å². The molecule has 1 saturated heterocycles. The van der Waals surface area contributed by atoms with Crippen LogP contribution in [0.1, 0.15) is 34.1 Å². The summed E-state index contributed by atoms with van der Waals surface area (Å²) in [5.74, 6) is -2.18. The summed E-state index contributed by atoms with van der Waals surface area (Å²) in [4.78, 5) is 36.3. The van der Waals surface area contributed by atoms with Crippen molar-refractivity contribution >= 4 is 18.0 Å². The number of aliphatic carboxylic acids is 1. The Morgan fingerprint density at radius 3 is 2.48 bits per heavy atom. The molecule has 0 unspecified atom stereocenters. The molecule has 1 rings (SSSR count). The Kier molecular flexibility index (Phi) is 4.93. The molecule has 0 aliphatic carbocycles. The van der Waals surface area contributed by atoms with Crippen LogP contribution in [0.25, 0.3) is 0 Å². The van der Waals surface area contributed by atoms with Crippen molar-refractivity contribution in [3.63, 3.8) is 0 Å². The summed E-state index contributed by atoms with van der Waals surface area (Å²) in [5, 5.41) is 9.32. The monoisotopic (exact) mass is 305 g/mol. The number of halogens is 1. The fourth-order valence-electron chi connectivity index (χ4n) is 2.03. The van der Waals surface area contributed by atoms with Crippen molar-refractivity contribution in [3.8, 4) is 0 Å². The van der Waals surface area contributed by atoms with Gasteiger partial charge in [0.2, 0.25) is 0 Å². The Balaban J connectivity index is 3.04. The van der Waals surface area contributed by atoms with Gasteiger partial charge in [-0.1, -0.05) is 0 Å². The molecule has 0 radical (unpaired) electrons. The molecule has 21 heavy (non-hydrogen) atoms. The molecule has 8 heteroatoms. The third-order valence-corrected chi connectivity index (χ3v) is 3.01. The third kappa shape index (κ3) is 3.69. The van der Waals surface area contributed by atoms with E-state index < -0.39 is 41.9 Å². The van der Waals surface area contributed by atoms with E-state index in [0.717, 1.165) is 0 Å². The summed E-state index contributed by atoms with van der Waals surface area (Å²) < 4.78 is 22.2. The van der Waals surface area contributed by atoms with E-state index in [-0.39, 0.29) is 13.0 Å². The van der Waals surface area contributed by atoms with Crippen LogP contribution in [0.3, 0.4) is 0 Å². The summed E-state index contributed by atoms with van der Waals surface area (Å²) in [6, 6.07) is 0. The number of carboxylic acid groups (broad SMARTS) is 1. The molecule has 1 aliphatic heterocycles. The second-order valence-corrected chi connectivity index (χ2v) is 5.99. The van der Waals surface area contributed by atoms with Gasteiger partial charge < -0.3 is 14.6 Å². The first-order valence-corrected chi connectivity index (χ1v) is 6.51. The normalized spacial score (nSPS) is 26.0. The number of likely N-dealkylation sites (tertiary alicyclic amines) is 1. The number of amides is 2. The molecule has 1 aliphatic rings. The highest BCUT2D eigenvalue weighted by molar-refractivity contribution is 6.03. The molecule has 1 N–H and O–H groups in total. The first kappa shape index (κ1) is 17.4. The van der Waals surface area contributed by atoms with Crippen LogP contribution in [0.4, 0.5) is 9.18 Å². The number of rotatable bonds is 4. The number of carbonyl (C=O) groups is 3. The van der Waals surface area contributed by atoms with E-state index in [4.69, 9.17) is 9.47 Å². The van der Waals surface area contributed by atoms with Crippen LogP contribution in [0.5, 0.6) is 0 Å². The third-order valence-electron chi connectivity index (χ3n) is 3.01. The second kappa shape index (κ2) is 5.97. The van der Waals surface area contributed by atoms with Gasteiger partial charge in [-0.15, -0.1) is 0 Å². The SMILES string of the molecule is CC(C)(C)OC(=O)N1C(=O)[C@@H](OCCF)C[C@@]1(C)C(=O)O. The van der Waals surface area contributed by atoms with Crippen molar-refractivity contribution in [3.05, 3.63) is 0 Å². The lowest BCUT2D eigenvalue weighted by Gasteiger charge is -2.31. The predicted molar refractivity (Wildman–Crippen MR) is 69.5 cm³/mol. The van der Waals surface area contributed by atoms with Gasteiger partial charge in [-0.05, 0) is 27.7 Å². The Labute approximate surface area is 122 Å². The zero-order valence-electron chi connectivity index (χ0n) is 12.5. The van der Waals surface area contributed by atoms with Gasteiger partial charge in [0.25, 0.3) is 5.91 Å². The molecule has 0 saturated carbocycles. The van der Waals surface area contributed by atoms with Crippen molar-refractivity contribution in [1.29, 1.82) is 0 Å². The topological polar surface area (TPSA) is 93.1 Å². The van der Waals surface area contributed by atoms with Crippen molar-refractivity contribution in [1.82, 2.24) is 4.90 Å². The standard InChI is InChI=1S/C13H20FNO6/c1-12(2,3)21-11(19)15-9(16)8(20-6-5-14)7-13(15,4)10(17)18/h8H,5-7H2,1-4H3,(H,17,18)/t8-,13-/m0/s1. The van der Waals surface area contributed by atoms with Gasteiger partial charge in [0.1, 0.15) is 18.4 Å². The number of imide groups is 1. The number of carboxylic acids is 1. The number of ether oxygens (including phenoxy) is 2. The summed E-state index contributed by atoms with van der Waals surface area (Å²) in [6.07, 6.45) is -2.47. The Bertz CT molecular complexity index is 446. The molecule has 0 aromatic heterocycles. The fraction of sp³-hybridized carbons (Fsp3) is 0.769. The lowest BCUT2D eigenvalue weighted by Crippen LogP contribution is -2.53. The number of nitrogens with zero attached hydrogens (tertiary/aromatic N) is 1. The van der Waals surface area contributed by atoms with Crippen molar-refractivity contribution in [2.75, 3.05) is 13.3 Å². The molecular weight excluding hydrogens is 285 g/mol. The zero-order valence-corrected chi connectivity index (χ0v) is 12.5. The van der Waals surface area contributed by atoms with Crippen molar-refractivity contribution in [2.24, 2.45) is 0 Å². The largest absolute Gasteiger partial charge is 0.479 e. The van der Waals surface area contributed by atoms with Crippen LogP contribution >= 0.6 is 0 Å². The lowest BCUT2D eigenvalue weighted by atomic mass is 9.99. The van der Waals surface area contributed by atoms with E-state index in [1.807, 2.05) is 0 Å². The molecule has 120 valence electrons. The Hall–Kier alpha value is -1.70. The summed E-state index contributed by atoms with van der Waals surface area (Å²) in [6.45, 7) is 4.88. The highest BCUT2D eigenvalue weighted by atomic mass is 19.1. The first-order valence-electron chi connectivity index (χ1n) is 6.51. The number of hydrogen-bond donors (Lipinski definition) is 1. The van der Waals surface area contributed by atoms with Gasteiger partial charge in [-0.3, -0.25) is 4.79 Å². The van der Waals surface area contributed by atoms with Crippen molar-refractivity contribution in [2.45, 2.75) is 51.4 Å². The molecule has 0 aromatic rings. The molecule has 0 spiro atoms. The van der Waals surface area contributed by atoms with Crippen molar-refractivity contribution < 1.29 is 33.4 Å². The molecular formula is C13H20FNO6. The van der Waals surface area contributed by atoms with E-state index in [0.29, 0.717) is 4.90 Å². The van der Waals surface area contributed by atoms with Crippen LogP contribution in [0, 0.1) is 0 Å². The maximum absolute atomic E-state index is 12.2. The molecule has 1 heterocycles. The summed E-state index contributed by atoms with van der Waals surface area (Å²) in [7, 11) is 0. The van der Waals surface area contributed by atoms with E-state index in [2.05, 4.69) is 0 Å². The van der Waals surface area contributed by atoms with Crippen LogP contribution in [-0.4, -0.2) is 58.5 Å².